The maximum Gasteiger partial charge on any atom is 0.416 e. The van der Waals surface area contributed by atoms with E-state index in [9.17, 15) is 13.2 Å². The molecule has 2 rings (SSSR count). The normalized spacial score (nSPS) is 11.6. The summed E-state index contributed by atoms with van der Waals surface area (Å²) in [5, 5.41) is 6.01. The molecule has 8 heteroatoms. The first-order valence-electron chi connectivity index (χ1n) is 6.96. The summed E-state index contributed by atoms with van der Waals surface area (Å²) < 4.78 is 38.3. The van der Waals surface area contributed by atoms with E-state index in [0.717, 1.165) is 12.1 Å². The van der Waals surface area contributed by atoms with Gasteiger partial charge in [-0.3, -0.25) is 0 Å². The fourth-order valence-electron chi connectivity index (χ4n) is 1.74. The second-order valence-electron chi connectivity index (χ2n) is 5.36. The first kappa shape index (κ1) is 17.3. The highest BCUT2D eigenvalue weighted by Crippen LogP contribution is 2.34. The first-order valence-corrected chi connectivity index (χ1v) is 7.34. The molecular formula is C15H16ClF3N4. The van der Waals surface area contributed by atoms with Crippen molar-refractivity contribution in [3.8, 4) is 0 Å². The van der Waals surface area contributed by atoms with E-state index in [4.69, 9.17) is 11.6 Å². The number of benzene rings is 1. The highest BCUT2D eigenvalue weighted by molar-refractivity contribution is 6.33. The van der Waals surface area contributed by atoms with Gasteiger partial charge in [-0.05, 0) is 30.2 Å². The van der Waals surface area contributed by atoms with Crippen LogP contribution in [0.15, 0.2) is 30.5 Å². The lowest BCUT2D eigenvalue weighted by Crippen LogP contribution is -2.11. The molecule has 0 aliphatic carbocycles. The lowest BCUT2D eigenvalue weighted by Gasteiger charge is -2.13. The lowest BCUT2D eigenvalue weighted by molar-refractivity contribution is -0.137. The van der Waals surface area contributed by atoms with Crippen molar-refractivity contribution >= 4 is 29.1 Å². The molecule has 0 unspecified atom stereocenters. The summed E-state index contributed by atoms with van der Waals surface area (Å²) in [6.07, 6.45) is -2.92. The molecule has 0 saturated heterocycles. The number of aromatic nitrogens is 2. The van der Waals surface area contributed by atoms with Gasteiger partial charge in [-0.2, -0.15) is 18.2 Å². The number of hydrogen-bond donors (Lipinski definition) is 2. The zero-order valence-electron chi connectivity index (χ0n) is 12.6. The quantitative estimate of drug-likeness (QED) is 0.804. The Hall–Kier alpha value is -2.02. The van der Waals surface area contributed by atoms with Crippen LogP contribution < -0.4 is 10.6 Å². The predicted octanol–water partition coefficient (Wildman–Crippen LogP) is 4.96. The van der Waals surface area contributed by atoms with Crippen molar-refractivity contribution in [3.63, 3.8) is 0 Å². The van der Waals surface area contributed by atoms with Gasteiger partial charge in [0.05, 0.1) is 16.3 Å². The van der Waals surface area contributed by atoms with Crippen molar-refractivity contribution in [1.29, 1.82) is 0 Å². The number of halogens is 4. The third kappa shape index (κ3) is 4.99. The molecule has 0 aliphatic heterocycles. The molecule has 4 nitrogen and oxygen atoms in total. The van der Waals surface area contributed by atoms with Gasteiger partial charge in [0.15, 0.2) is 0 Å². The minimum absolute atomic E-state index is 0.134. The van der Waals surface area contributed by atoms with Gasteiger partial charge in [0.1, 0.15) is 5.82 Å². The summed E-state index contributed by atoms with van der Waals surface area (Å²) in [5.41, 5.74) is -0.647. The number of nitrogens with zero attached hydrogens (tertiary/aromatic N) is 2. The highest BCUT2D eigenvalue weighted by Gasteiger charge is 2.31. The van der Waals surface area contributed by atoms with E-state index in [2.05, 4.69) is 20.6 Å². The number of rotatable bonds is 5. The van der Waals surface area contributed by atoms with Crippen LogP contribution in [0.1, 0.15) is 19.4 Å². The molecule has 0 amide bonds. The number of alkyl halides is 3. The van der Waals surface area contributed by atoms with Gasteiger partial charge in [-0.1, -0.05) is 25.4 Å². The SMILES string of the molecule is CC(C)CNc1nccc(Nc2cc(C(F)(F)F)ccc2Cl)n1. The third-order valence-corrected chi connectivity index (χ3v) is 3.21. The average molecular weight is 345 g/mol. The second kappa shape index (κ2) is 7.04. The van der Waals surface area contributed by atoms with E-state index in [1.54, 1.807) is 6.07 Å². The summed E-state index contributed by atoms with van der Waals surface area (Å²) in [7, 11) is 0. The topological polar surface area (TPSA) is 49.8 Å². The Balaban J connectivity index is 2.20. The van der Waals surface area contributed by atoms with Crippen LogP contribution in [-0.4, -0.2) is 16.5 Å². The molecule has 0 saturated carbocycles. The number of hydrogen-bond acceptors (Lipinski definition) is 4. The summed E-state index contributed by atoms with van der Waals surface area (Å²) in [4.78, 5) is 8.26. The maximum absolute atomic E-state index is 12.8. The van der Waals surface area contributed by atoms with E-state index in [0.29, 0.717) is 24.2 Å². The Labute approximate surface area is 137 Å². The standard InChI is InChI=1S/C15H16ClF3N4/c1-9(2)8-21-14-20-6-5-13(23-14)22-12-7-10(15(17,18)19)3-4-11(12)16/h3-7,9H,8H2,1-2H3,(H2,20,21,22,23). The van der Waals surface area contributed by atoms with Gasteiger partial charge in [0.25, 0.3) is 0 Å². The lowest BCUT2D eigenvalue weighted by atomic mass is 10.2. The summed E-state index contributed by atoms with van der Waals surface area (Å²) in [6, 6.07) is 4.64. The second-order valence-corrected chi connectivity index (χ2v) is 5.76. The Morgan fingerprint density at radius 1 is 1.22 bits per heavy atom. The van der Waals surface area contributed by atoms with Gasteiger partial charge in [0.2, 0.25) is 5.95 Å². The van der Waals surface area contributed by atoms with Crippen molar-refractivity contribution < 1.29 is 13.2 Å². The summed E-state index contributed by atoms with van der Waals surface area (Å²) >= 11 is 5.95. The van der Waals surface area contributed by atoms with Crippen molar-refractivity contribution in [3.05, 3.63) is 41.0 Å². The molecule has 1 aromatic carbocycles. The van der Waals surface area contributed by atoms with Crippen LogP contribution >= 0.6 is 11.6 Å². The summed E-state index contributed by atoms with van der Waals surface area (Å²) in [6.45, 7) is 4.77. The van der Waals surface area contributed by atoms with Gasteiger partial charge in [-0.15, -0.1) is 0 Å². The van der Waals surface area contributed by atoms with E-state index in [1.807, 2.05) is 13.8 Å². The average Bonchev–Trinajstić information content (AvgIpc) is 2.47. The molecule has 0 radical (unpaired) electrons. The molecule has 1 heterocycles. The Kier molecular flexibility index (Phi) is 5.30. The van der Waals surface area contributed by atoms with E-state index >= 15 is 0 Å². The molecule has 124 valence electrons. The molecule has 0 atom stereocenters. The minimum Gasteiger partial charge on any atom is -0.354 e. The first-order chi connectivity index (χ1) is 10.8. The van der Waals surface area contributed by atoms with Gasteiger partial charge < -0.3 is 10.6 Å². The van der Waals surface area contributed by atoms with Crippen LogP contribution in [0.2, 0.25) is 5.02 Å². The predicted molar refractivity (Wildman–Crippen MR) is 85.1 cm³/mol. The van der Waals surface area contributed by atoms with Crippen LogP contribution in [0.25, 0.3) is 0 Å². The van der Waals surface area contributed by atoms with Crippen LogP contribution in [0.3, 0.4) is 0 Å². The maximum atomic E-state index is 12.8. The zero-order chi connectivity index (χ0) is 17.0. The molecule has 2 aromatic rings. The van der Waals surface area contributed by atoms with Crippen molar-refractivity contribution in [2.24, 2.45) is 5.92 Å². The van der Waals surface area contributed by atoms with E-state index in [1.165, 1.54) is 12.3 Å². The van der Waals surface area contributed by atoms with Crippen LogP contribution in [-0.2, 0) is 6.18 Å². The Morgan fingerprint density at radius 2 is 1.96 bits per heavy atom. The van der Waals surface area contributed by atoms with Crippen LogP contribution in [0.5, 0.6) is 0 Å². The van der Waals surface area contributed by atoms with E-state index < -0.39 is 11.7 Å². The van der Waals surface area contributed by atoms with Gasteiger partial charge in [0, 0.05) is 12.7 Å². The Morgan fingerprint density at radius 3 is 2.61 bits per heavy atom. The van der Waals surface area contributed by atoms with Crippen molar-refractivity contribution in [2.45, 2.75) is 20.0 Å². The van der Waals surface area contributed by atoms with Gasteiger partial charge in [-0.25, -0.2) is 4.98 Å². The zero-order valence-corrected chi connectivity index (χ0v) is 13.3. The monoisotopic (exact) mass is 344 g/mol. The summed E-state index contributed by atoms with van der Waals surface area (Å²) in [5.74, 6) is 1.16. The molecular weight excluding hydrogens is 329 g/mol. The van der Waals surface area contributed by atoms with Gasteiger partial charge >= 0.3 is 6.18 Å². The molecule has 0 aliphatic rings. The molecule has 2 N–H and O–H groups in total. The molecule has 0 spiro atoms. The van der Waals surface area contributed by atoms with Crippen molar-refractivity contribution in [1.82, 2.24) is 9.97 Å². The van der Waals surface area contributed by atoms with Crippen LogP contribution in [0, 0.1) is 5.92 Å². The highest BCUT2D eigenvalue weighted by atomic mass is 35.5. The molecule has 1 aromatic heterocycles. The largest absolute Gasteiger partial charge is 0.416 e. The van der Waals surface area contributed by atoms with E-state index in [-0.39, 0.29) is 10.7 Å². The fraction of sp³-hybridized carbons (Fsp3) is 0.333. The smallest absolute Gasteiger partial charge is 0.354 e. The number of anilines is 3. The number of nitrogens with one attached hydrogen (secondary N) is 2. The fourth-order valence-corrected chi connectivity index (χ4v) is 1.91. The molecule has 0 fully saturated rings. The Bertz CT molecular complexity index is 674. The van der Waals surface area contributed by atoms with Crippen LogP contribution in [0.4, 0.5) is 30.6 Å². The molecule has 23 heavy (non-hydrogen) atoms. The minimum atomic E-state index is -4.43. The van der Waals surface area contributed by atoms with Crippen molar-refractivity contribution in [2.75, 3.05) is 17.2 Å². The third-order valence-electron chi connectivity index (χ3n) is 2.88. The molecule has 0 bridgehead atoms.